The summed E-state index contributed by atoms with van der Waals surface area (Å²) in [5.74, 6) is 1.96. The second-order valence-electron chi connectivity index (χ2n) is 5.65. The molecular weight excluding hydrogens is 480 g/mol. The van der Waals surface area contributed by atoms with Crippen molar-refractivity contribution in [1.82, 2.24) is 9.78 Å². The third kappa shape index (κ3) is 5.52. The van der Waals surface area contributed by atoms with Crippen LogP contribution in [0.4, 0.5) is 19.0 Å². The van der Waals surface area contributed by atoms with Crippen molar-refractivity contribution in [3.63, 3.8) is 0 Å². The molecule has 0 saturated carbocycles. The quantitative estimate of drug-likeness (QED) is 0.500. The fourth-order valence-electron chi connectivity index (χ4n) is 2.50. The van der Waals surface area contributed by atoms with Crippen LogP contribution in [-0.2, 0) is 10.9 Å². The zero-order chi connectivity index (χ0) is 22.5. The molecule has 1 fully saturated rings. The number of halogens is 5. The van der Waals surface area contributed by atoms with Gasteiger partial charge in [0.05, 0.1) is 38.6 Å². The van der Waals surface area contributed by atoms with E-state index < -0.39 is 11.7 Å². The van der Waals surface area contributed by atoms with Crippen LogP contribution in [0.5, 0.6) is 0 Å². The maximum Gasteiger partial charge on any atom is 0.416 e. The number of nitrogens with zero attached hydrogens (tertiary/aromatic N) is 3. The Morgan fingerprint density at radius 1 is 1.37 bits per heavy atom. The Labute approximate surface area is 190 Å². The number of hydrogen-bond donors (Lipinski definition) is 1. The van der Waals surface area contributed by atoms with Crippen molar-refractivity contribution in [3.05, 3.63) is 51.8 Å². The second kappa shape index (κ2) is 10.6. The van der Waals surface area contributed by atoms with E-state index in [9.17, 15) is 18.4 Å². The number of alkyl halides is 3. The Balaban J connectivity index is 0.000000575. The Morgan fingerprint density at radius 2 is 1.93 bits per heavy atom. The monoisotopic (exact) mass is 496 g/mol. The lowest BCUT2D eigenvalue weighted by molar-refractivity contribution is -0.137. The van der Waals surface area contributed by atoms with Crippen LogP contribution in [0.2, 0.25) is 10.0 Å². The maximum absolute atomic E-state index is 12.9. The number of hydrogen-bond acceptors (Lipinski definition) is 6. The number of nitriles is 1. The van der Waals surface area contributed by atoms with Gasteiger partial charge in [0.15, 0.2) is 5.69 Å². The molecule has 0 amide bonds. The average molecular weight is 497 g/mol. The first-order valence-electron chi connectivity index (χ1n) is 8.46. The normalized spacial score (nSPS) is 14.0. The standard InChI is InChI=1S/C14H9Cl2F3N4S2.C4H8O/c15-7-3-6(14(17,18)19)4-8(16)11(7)23-12(21)10(9(5-20)22-23)13-24-1-2-25-13;1-3-5-4-2/h3-4,13H,1-2,21H2;3H,1,4H2,2H3. The van der Waals surface area contributed by atoms with E-state index in [0.29, 0.717) is 5.56 Å². The minimum atomic E-state index is -4.58. The first-order valence-corrected chi connectivity index (χ1v) is 11.3. The zero-order valence-corrected chi connectivity index (χ0v) is 18.8. The molecule has 0 atom stereocenters. The fourth-order valence-corrected chi connectivity index (χ4v) is 6.11. The van der Waals surface area contributed by atoms with Crippen LogP contribution in [0.3, 0.4) is 0 Å². The zero-order valence-electron chi connectivity index (χ0n) is 15.7. The predicted octanol–water partition coefficient (Wildman–Crippen LogP) is 6.30. The summed E-state index contributed by atoms with van der Waals surface area (Å²) in [6.07, 6.45) is -3.15. The van der Waals surface area contributed by atoms with Gasteiger partial charge >= 0.3 is 6.18 Å². The molecule has 162 valence electrons. The molecule has 2 N–H and O–H groups in total. The molecule has 0 spiro atoms. The summed E-state index contributed by atoms with van der Waals surface area (Å²) in [5, 5.41) is 12.9. The molecule has 1 aliphatic heterocycles. The summed E-state index contributed by atoms with van der Waals surface area (Å²) in [7, 11) is 0. The molecule has 30 heavy (non-hydrogen) atoms. The molecule has 1 aromatic carbocycles. The van der Waals surface area contributed by atoms with E-state index in [1.807, 2.05) is 13.0 Å². The summed E-state index contributed by atoms with van der Waals surface area (Å²) >= 11 is 15.3. The van der Waals surface area contributed by atoms with E-state index in [4.69, 9.17) is 28.9 Å². The van der Waals surface area contributed by atoms with Gasteiger partial charge in [-0.15, -0.1) is 23.5 Å². The Morgan fingerprint density at radius 3 is 2.33 bits per heavy atom. The van der Waals surface area contributed by atoms with Gasteiger partial charge in [-0.3, -0.25) is 0 Å². The molecular formula is C18H17Cl2F3N4OS2. The van der Waals surface area contributed by atoms with E-state index in [1.165, 1.54) is 6.26 Å². The maximum atomic E-state index is 12.9. The van der Waals surface area contributed by atoms with Crippen molar-refractivity contribution in [2.75, 3.05) is 23.8 Å². The summed E-state index contributed by atoms with van der Waals surface area (Å²) in [6.45, 7) is 5.97. The minimum absolute atomic E-state index is 0.0181. The smallest absolute Gasteiger partial charge is 0.416 e. The largest absolute Gasteiger partial charge is 0.502 e. The molecule has 3 rings (SSSR count). The topological polar surface area (TPSA) is 76.9 Å². The summed E-state index contributed by atoms with van der Waals surface area (Å²) in [4.78, 5) is 0. The number of nitrogen functional groups attached to an aromatic ring is 1. The number of aromatic nitrogens is 2. The van der Waals surface area contributed by atoms with Crippen molar-refractivity contribution in [3.8, 4) is 11.8 Å². The van der Waals surface area contributed by atoms with Crippen molar-refractivity contribution in [2.24, 2.45) is 0 Å². The number of thioether (sulfide) groups is 2. The van der Waals surface area contributed by atoms with Gasteiger partial charge in [-0.25, -0.2) is 4.68 Å². The Kier molecular flexibility index (Phi) is 8.67. The van der Waals surface area contributed by atoms with Gasteiger partial charge in [-0.1, -0.05) is 29.8 Å². The summed E-state index contributed by atoms with van der Waals surface area (Å²) in [6, 6.07) is 3.49. The highest BCUT2D eigenvalue weighted by Gasteiger charge is 2.33. The van der Waals surface area contributed by atoms with Crippen molar-refractivity contribution >= 4 is 52.5 Å². The number of anilines is 1. The SMILES string of the molecule is C=COCC.N#Cc1nn(-c2c(Cl)cc(C(F)(F)F)cc2Cl)c(N)c1C1SCCS1. The average Bonchev–Trinajstić information content (AvgIpc) is 3.29. The van der Waals surface area contributed by atoms with E-state index in [2.05, 4.69) is 16.4 Å². The molecule has 1 aromatic heterocycles. The molecule has 12 heteroatoms. The predicted molar refractivity (Wildman–Crippen MR) is 117 cm³/mol. The van der Waals surface area contributed by atoms with Gasteiger partial charge in [0.2, 0.25) is 0 Å². The molecule has 0 unspecified atom stereocenters. The first-order chi connectivity index (χ1) is 14.1. The molecule has 5 nitrogen and oxygen atoms in total. The lowest BCUT2D eigenvalue weighted by atomic mass is 10.2. The fraction of sp³-hybridized carbons (Fsp3) is 0.333. The van der Waals surface area contributed by atoms with Crippen LogP contribution < -0.4 is 5.73 Å². The van der Waals surface area contributed by atoms with Gasteiger partial charge in [0.25, 0.3) is 0 Å². The van der Waals surface area contributed by atoms with E-state index in [1.54, 1.807) is 23.5 Å². The lowest BCUT2D eigenvalue weighted by Gasteiger charge is -2.14. The first kappa shape index (κ1) is 24.6. The highest BCUT2D eigenvalue weighted by molar-refractivity contribution is 8.19. The van der Waals surface area contributed by atoms with Crippen LogP contribution in [0, 0.1) is 11.3 Å². The third-order valence-electron chi connectivity index (χ3n) is 3.76. The highest BCUT2D eigenvalue weighted by Crippen LogP contribution is 2.49. The molecule has 0 aliphatic carbocycles. The van der Waals surface area contributed by atoms with E-state index >= 15 is 0 Å². The van der Waals surface area contributed by atoms with Gasteiger partial charge < -0.3 is 10.5 Å². The minimum Gasteiger partial charge on any atom is -0.502 e. The van der Waals surface area contributed by atoms with Crippen LogP contribution >= 0.6 is 46.7 Å². The van der Waals surface area contributed by atoms with Crippen molar-refractivity contribution < 1.29 is 17.9 Å². The lowest BCUT2D eigenvalue weighted by Crippen LogP contribution is -2.09. The molecule has 0 bridgehead atoms. The van der Waals surface area contributed by atoms with Crippen molar-refractivity contribution in [1.29, 1.82) is 5.26 Å². The number of ether oxygens (including phenoxy) is 1. The van der Waals surface area contributed by atoms with Crippen molar-refractivity contribution in [2.45, 2.75) is 17.7 Å². The van der Waals surface area contributed by atoms with Gasteiger partial charge in [-0.2, -0.15) is 23.5 Å². The van der Waals surface area contributed by atoms with Crippen LogP contribution in [0.25, 0.3) is 5.69 Å². The van der Waals surface area contributed by atoms with Crippen LogP contribution in [-0.4, -0.2) is 27.9 Å². The van der Waals surface area contributed by atoms with E-state index in [-0.39, 0.29) is 31.8 Å². The number of rotatable bonds is 4. The molecule has 1 aliphatic rings. The number of benzene rings is 1. The van der Waals surface area contributed by atoms with Crippen LogP contribution in [0.1, 0.15) is 28.3 Å². The Bertz CT molecular complexity index is 931. The van der Waals surface area contributed by atoms with Gasteiger partial charge in [-0.05, 0) is 19.1 Å². The number of nitrogens with two attached hydrogens (primary N) is 1. The molecule has 2 heterocycles. The van der Waals surface area contributed by atoms with Gasteiger partial charge in [0.1, 0.15) is 17.6 Å². The van der Waals surface area contributed by atoms with Gasteiger partial charge in [0, 0.05) is 11.5 Å². The molecule has 2 aromatic rings. The molecule has 1 saturated heterocycles. The van der Waals surface area contributed by atoms with Crippen LogP contribution in [0.15, 0.2) is 25.0 Å². The molecule has 0 radical (unpaired) electrons. The highest BCUT2D eigenvalue weighted by atomic mass is 35.5. The third-order valence-corrected chi connectivity index (χ3v) is 7.37. The Hall–Kier alpha value is -1.67. The summed E-state index contributed by atoms with van der Waals surface area (Å²) in [5.41, 5.74) is 5.83. The second-order valence-corrected chi connectivity index (χ2v) is 9.19. The summed E-state index contributed by atoms with van der Waals surface area (Å²) < 4.78 is 44.3. The van der Waals surface area contributed by atoms with E-state index in [0.717, 1.165) is 34.9 Å².